The lowest BCUT2D eigenvalue weighted by Crippen LogP contribution is -2.13. The Hall–Kier alpha value is -1.07. The van der Waals surface area contributed by atoms with Gasteiger partial charge in [-0.25, -0.2) is 9.97 Å². The molecule has 17 heavy (non-hydrogen) atoms. The van der Waals surface area contributed by atoms with Gasteiger partial charge >= 0.3 is 0 Å². The van der Waals surface area contributed by atoms with Crippen LogP contribution in [0.3, 0.4) is 0 Å². The van der Waals surface area contributed by atoms with E-state index in [4.69, 9.17) is 21.1 Å². The van der Waals surface area contributed by atoms with Gasteiger partial charge in [0.05, 0.1) is 13.7 Å². The van der Waals surface area contributed by atoms with Gasteiger partial charge in [0.1, 0.15) is 6.33 Å². The van der Waals surface area contributed by atoms with Crippen LogP contribution in [0.5, 0.6) is 5.75 Å². The van der Waals surface area contributed by atoms with Gasteiger partial charge in [0, 0.05) is 13.2 Å². The van der Waals surface area contributed by atoms with Gasteiger partial charge in [-0.2, -0.15) is 0 Å². The summed E-state index contributed by atoms with van der Waals surface area (Å²) in [5.74, 6) is 1.58. The number of methoxy groups -OCH3 is 1. The third-order valence-corrected chi connectivity index (χ3v) is 2.22. The molecule has 0 aliphatic heterocycles. The Morgan fingerprint density at radius 2 is 2.18 bits per heavy atom. The summed E-state index contributed by atoms with van der Waals surface area (Å²) in [5.41, 5.74) is 0. The number of anilines is 1. The molecule has 1 heterocycles. The van der Waals surface area contributed by atoms with E-state index >= 15 is 0 Å². The molecule has 0 radical (unpaired) electrons. The van der Waals surface area contributed by atoms with E-state index in [-0.39, 0.29) is 0 Å². The maximum Gasteiger partial charge on any atom is 0.198 e. The van der Waals surface area contributed by atoms with Crippen LogP contribution in [-0.4, -0.2) is 36.8 Å². The highest BCUT2D eigenvalue weighted by molar-refractivity contribution is 6.31. The number of nitrogens with one attached hydrogen (secondary N) is 1. The second-order valence-electron chi connectivity index (χ2n) is 3.94. The first-order valence-corrected chi connectivity index (χ1v) is 5.89. The third kappa shape index (κ3) is 4.75. The Morgan fingerprint density at radius 1 is 1.41 bits per heavy atom. The first-order chi connectivity index (χ1) is 8.15. The number of hydrogen-bond acceptors (Lipinski definition) is 5. The van der Waals surface area contributed by atoms with E-state index in [0.717, 1.165) is 6.61 Å². The van der Waals surface area contributed by atoms with E-state index < -0.39 is 0 Å². The summed E-state index contributed by atoms with van der Waals surface area (Å²) < 4.78 is 10.6. The first-order valence-electron chi connectivity index (χ1n) is 5.51. The average Bonchev–Trinajstić information content (AvgIpc) is 2.28. The molecule has 1 N–H and O–H groups in total. The van der Waals surface area contributed by atoms with Crippen molar-refractivity contribution in [2.75, 3.05) is 32.2 Å². The standard InChI is InChI=1S/C11H18ClN3O2/c1-8(2)6-17-5-4-13-11-9(16-3)10(12)14-7-15-11/h7-8H,4-6H2,1-3H3,(H,13,14,15). The summed E-state index contributed by atoms with van der Waals surface area (Å²) in [6, 6.07) is 0. The summed E-state index contributed by atoms with van der Waals surface area (Å²) in [6.07, 6.45) is 1.39. The van der Waals surface area contributed by atoms with E-state index in [1.54, 1.807) is 0 Å². The quantitative estimate of drug-likeness (QED) is 0.601. The lowest BCUT2D eigenvalue weighted by atomic mass is 10.2. The minimum atomic E-state index is 0.299. The Bertz CT molecular complexity index is 347. The Kier molecular flexibility index (Phi) is 6.00. The smallest absolute Gasteiger partial charge is 0.198 e. The summed E-state index contributed by atoms with van der Waals surface area (Å²) in [5, 5.41) is 3.39. The molecule has 1 rings (SSSR count). The van der Waals surface area contributed by atoms with Crippen molar-refractivity contribution >= 4 is 17.4 Å². The molecule has 6 heteroatoms. The highest BCUT2D eigenvalue weighted by Gasteiger charge is 2.09. The van der Waals surface area contributed by atoms with Crippen molar-refractivity contribution in [2.45, 2.75) is 13.8 Å². The highest BCUT2D eigenvalue weighted by Crippen LogP contribution is 2.27. The normalized spacial score (nSPS) is 10.6. The topological polar surface area (TPSA) is 56.3 Å². The fraction of sp³-hybridized carbons (Fsp3) is 0.636. The van der Waals surface area contributed by atoms with Gasteiger partial charge in [-0.3, -0.25) is 0 Å². The molecule has 0 unspecified atom stereocenters. The molecule has 1 aromatic rings. The van der Waals surface area contributed by atoms with Crippen LogP contribution in [0.15, 0.2) is 6.33 Å². The Morgan fingerprint density at radius 3 is 2.82 bits per heavy atom. The van der Waals surface area contributed by atoms with Crippen molar-refractivity contribution in [3.8, 4) is 5.75 Å². The molecule has 5 nitrogen and oxygen atoms in total. The maximum absolute atomic E-state index is 5.86. The van der Waals surface area contributed by atoms with Gasteiger partial charge in [-0.15, -0.1) is 0 Å². The Balaban J connectivity index is 2.39. The number of rotatable bonds is 7. The van der Waals surface area contributed by atoms with E-state index in [9.17, 15) is 0 Å². The zero-order valence-electron chi connectivity index (χ0n) is 10.4. The molecule has 1 aromatic heterocycles. The van der Waals surface area contributed by atoms with E-state index in [1.807, 2.05) is 0 Å². The molecule has 0 saturated heterocycles. The minimum Gasteiger partial charge on any atom is -0.490 e. The van der Waals surface area contributed by atoms with Crippen molar-refractivity contribution in [3.63, 3.8) is 0 Å². The molecule has 96 valence electrons. The molecule has 0 aliphatic carbocycles. The van der Waals surface area contributed by atoms with Crippen LogP contribution in [0.4, 0.5) is 5.82 Å². The van der Waals surface area contributed by atoms with Crippen LogP contribution in [0.1, 0.15) is 13.8 Å². The Labute approximate surface area is 107 Å². The molecule has 0 aromatic carbocycles. The molecule has 0 aliphatic rings. The van der Waals surface area contributed by atoms with Crippen molar-refractivity contribution in [3.05, 3.63) is 11.5 Å². The van der Waals surface area contributed by atoms with E-state index in [1.165, 1.54) is 13.4 Å². The number of aromatic nitrogens is 2. The monoisotopic (exact) mass is 259 g/mol. The van der Waals surface area contributed by atoms with E-state index in [2.05, 4.69) is 29.1 Å². The average molecular weight is 260 g/mol. The van der Waals surface area contributed by atoms with Crippen LogP contribution in [0.25, 0.3) is 0 Å². The van der Waals surface area contributed by atoms with Gasteiger partial charge in [0.25, 0.3) is 0 Å². The largest absolute Gasteiger partial charge is 0.490 e. The zero-order valence-corrected chi connectivity index (χ0v) is 11.1. The van der Waals surface area contributed by atoms with Crippen LogP contribution in [-0.2, 0) is 4.74 Å². The molecule has 0 bridgehead atoms. The van der Waals surface area contributed by atoms with Crippen LogP contribution in [0.2, 0.25) is 5.15 Å². The van der Waals surface area contributed by atoms with Crippen molar-refractivity contribution < 1.29 is 9.47 Å². The third-order valence-electron chi connectivity index (χ3n) is 1.95. The summed E-state index contributed by atoms with van der Waals surface area (Å²) in [4.78, 5) is 7.89. The maximum atomic E-state index is 5.86. The molecule has 0 spiro atoms. The molecular weight excluding hydrogens is 242 g/mol. The van der Waals surface area contributed by atoms with Gasteiger partial charge in [0.2, 0.25) is 0 Å². The van der Waals surface area contributed by atoms with Gasteiger partial charge < -0.3 is 14.8 Å². The molecule has 0 fully saturated rings. The number of ether oxygens (including phenoxy) is 2. The summed E-state index contributed by atoms with van der Waals surface area (Å²) in [6.45, 7) is 6.24. The SMILES string of the molecule is COc1c(Cl)ncnc1NCCOCC(C)C. The fourth-order valence-electron chi connectivity index (χ4n) is 1.22. The predicted octanol–water partition coefficient (Wildman–Crippen LogP) is 2.22. The first kappa shape index (κ1) is 14.0. The zero-order chi connectivity index (χ0) is 12.7. The number of halogens is 1. The second kappa shape index (κ2) is 7.29. The van der Waals surface area contributed by atoms with Gasteiger partial charge in [-0.05, 0) is 5.92 Å². The molecular formula is C11H18ClN3O2. The summed E-state index contributed by atoms with van der Waals surface area (Å²) in [7, 11) is 1.53. The molecule has 0 atom stereocenters. The lowest BCUT2D eigenvalue weighted by molar-refractivity contribution is 0.118. The number of hydrogen-bond donors (Lipinski definition) is 1. The van der Waals surface area contributed by atoms with Crippen LogP contribution >= 0.6 is 11.6 Å². The molecule has 0 amide bonds. The number of nitrogens with zero attached hydrogens (tertiary/aromatic N) is 2. The van der Waals surface area contributed by atoms with E-state index in [0.29, 0.717) is 35.8 Å². The highest BCUT2D eigenvalue weighted by atomic mass is 35.5. The summed E-state index contributed by atoms with van der Waals surface area (Å²) >= 11 is 5.86. The minimum absolute atomic E-state index is 0.299. The van der Waals surface area contributed by atoms with Crippen molar-refractivity contribution in [1.82, 2.24) is 9.97 Å². The lowest BCUT2D eigenvalue weighted by Gasteiger charge is -2.11. The van der Waals surface area contributed by atoms with Gasteiger partial charge in [-0.1, -0.05) is 25.4 Å². The van der Waals surface area contributed by atoms with Crippen LogP contribution < -0.4 is 10.1 Å². The fourth-order valence-corrected chi connectivity index (χ4v) is 1.43. The van der Waals surface area contributed by atoms with Crippen molar-refractivity contribution in [2.24, 2.45) is 5.92 Å². The van der Waals surface area contributed by atoms with Gasteiger partial charge in [0.15, 0.2) is 16.7 Å². The predicted molar refractivity (Wildman–Crippen MR) is 67.7 cm³/mol. The molecule has 0 saturated carbocycles. The second-order valence-corrected chi connectivity index (χ2v) is 4.30. The van der Waals surface area contributed by atoms with Crippen LogP contribution in [0, 0.1) is 5.92 Å². The van der Waals surface area contributed by atoms with Crippen molar-refractivity contribution in [1.29, 1.82) is 0 Å².